The lowest BCUT2D eigenvalue weighted by Crippen LogP contribution is -2.43. The first kappa shape index (κ1) is 30.3. The molecule has 0 spiro atoms. The third-order valence-corrected chi connectivity index (χ3v) is 11.1. The van der Waals surface area contributed by atoms with Crippen LogP contribution in [0.2, 0.25) is 18.1 Å². The van der Waals surface area contributed by atoms with Crippen LogP contribution in [0.5, 0.6) is 0 Å². The summed E-state index contributed by atoms with van der Waals surface area (Å²) in [5, 5.41) is 1.58. The van der Waals surface area contributed by atoms with Crippen LogP contribution in [0.3, 0.4) is 0 Å². The lowest BCUT2D eigenvalue weighted by Gasteiger charge is -2.39. The number of rotatable bonds is 18. The van der Waals surface area contributed by atoms with Gasteiger partial charge in [0.1, 0.15) is 0 Å². The zero-order valence-electron chi connectivity index (χ0n) is 22.1. The molecule has 0 rings (SSSR count). The minimum absolute atomic E-state index is 0.0644. The Morgan fingerprint density at radius 2 is 1.58 bits per heavy atom. The molecule has 0 unspecified atom stereocenters. The minimum atomic E-state index is -1.72. The second kappa shape index (κ2) is 16.9. The smallest absolute Gasteiger partial charge is 0.245 e. The Morgan fingerprint density at radius 3 is 2.19 bits per heavy atom. The first-order chi connectivity index (χ1) is 14.5. The van der Waals surface area contributed by atoms with Crippen molar-refractivity contribution >= 4 is 14.2 Å². The molecule has 0 aliphatic carbocycles. The largest absolute Gasteiger partial charge is 0.414 e. The molecular formula is C26H53NO3Si. The Morgan fingerprint density at radius 1 is 0.968 bits per heavy atom. The first-order valence-corrected chi connectivity index (χ1v) is 15.6. The second-order valence-electron chi connectivity index (χ2n) is 10.4. The molecule has 0 saturated carbocycles. The molecule has 5 heteroatoms. The van der Waals surface area contributed by atoms with E-state index in [4.69, 9.17) is 9.26 Å². The fourth-order valence-electron chi connectivity index (χ4n) is 3.31. The molecular weight excluding hydrogens is 402 g/mol. The van der Waals surface area contributed by atoms with E-state index in [-0.39, 0.29) is 10.9 Å². The number of hydroxylamine groups is 2. The molecule has 0 aromatic heterocycles. The molecule has 31 heavy (non-hydrogen) atoms. The van der Waals surface area contributed by atoms with Gasteiger partial charge in [0.2, 0.25) is 5.91 Å². The van der Waals surface area contributed by atoms with Crippen molar-refractivity contribution in [1.82, 2.24) is 5.06 Å². The molecule has 4 nitrogen and oxygen atoms in total. The van der Waals surface area contributed by atoms with Crippen molar-refractivity contribution in [2.45, 2.75) is 135 Å². The van der Waals surface area contributed by atoms with E-state index in [1.165, 1.54) is 63.5 Å². The highest BCUT2D eigenvalue weighted by atomic mass is 28.4. The van der Waals surface area contributed by atoms with Gasteiger partial charge in [-0.15, -0.1) is 0 Å². The number of allylic oxidation sites excluding steroid dienone is 1. The standard InChI is InChI=1S/C26H53NO3Si/c1-9-10-11-18-21-24(30-31(7,8)26(2,3)4)22-19-16-14-12-13-15-17-20-23-25(28)27(5)29-6/h16,19,24H,9-15,17-18,20-23H2,1-8H3/t24-/m1/s1. The van der Waals surface area contributed by atoms with Crippen LogP contribution in [0, 0.1) is 0 Å². The van der Waals surface area contributed by atoms with Gasteiger partial charge in [-0.3, -0.25) is 9.63 Å². The van der Waals surface area contributed by atoms with Crippen molar-refractivity contribution < 1.29 is 14.1 Å². The van der Waals surface area contributed by atoms with E-state index >= 15 is 0 Å². The third-order valence-electron chi connectivity index (χ3n) is 6.60. The molecule has 0 aromatic rings. The quantitative estimate of drug-likeness (QED) is 0.0908. The van der Waals surface area contributed by atoms with Crippen LogP contribution >= 0.6 is 0 Å². The normalized spacial score (nSPS) is 13.7. The van der Waals surface area contributed by atoms with Gasteiger partial charge in [-0.05, 0) is 50.2 Å². The number of carbonyl (C=O) groups excluding carboxylic acids is 1. The van der Waals surface area contributed by atoms with Crippen molar-refractivity contribution in [2.75, 3.05) is 14.2 Å². The van der Waals surface area contributed by atoms with Crippen LogP contribution < -0.4 is 0 Å². The lowest BCUT2D eigenvalue weighted by molar-refractivity contribution is -0.168. The molecule has 0 aromatic carbocycles. The van der Waals surface area contributed by atoms with Gasteiger partial charge < -0.3 is 4.43 Å². The molecule has 1 amide bonds. The fourth-order valence-corrected chi connectivity index (χ4v) is 4.71. The number of amides is 1. The number of hydrogen-bond donors (Lipinski definition) is 0. The molecule has 0 bridgehead atoms. The summed E-state index contributed by atoms with van der Waals surface area (Å²) in [5.41, 5.74) is 0. The Balaban J connectivity index is 4.16. The van der Waals surface area contributed by atoms with Crippen molar-refractivity contribution in [1.29, 1.82) is 0 Å². The summed E-state index contributed by atoms with van der Waals surface area (Å²) in [6, 6.07) is 0. The van der Waals surface area contributed by atoms with Crippen molar-refractivity contribution in [2.24, 2.45) is 0 Å². The van der Waals surface area contributed by atoms with Crippen molar-refractivity contribution in [3.05, 3.63) is 12.2 Å². The van der Waals surface area contributed by atoms with E-state index in [1.54, 1.807) is 7.05 Å². The van der Waals surface area contributed by atoms with Gasteiger partial charge >= 0.3 is 0 Å². The van der Waals surface area contributed by atoms with Crippen LogP contribution in [0.4, 0.5) is 0 Å². The third kappa shape index (κ3) is 14.9. The maximum absolute atomic E-state index is 11.7. The fraction of sp³-hybridized carbons (Fsp3) is 0.885. The van der Waals surface area contributed by atoms with E-state index in [0.29, 0.717) is 12.5 Å². The van der Waals surface area contributed by atoms with E-state index in [0.717, 1.165) is 25.7 Å². The highest BCUT2D eigenvalue weighted by molar-refractivity contribution is 6.74. The van der Waals surface area contributed by atoms with Gasteiger partial charge in [0.05, 0.1) is 7.11 Å². The Labute approximate surface area is 195 Å². The topological polar surface area (TPSA) is 38.8 Å². The average molecular weight is 456 g/mol. The van der Waals surface area contributed by atoms with Crippen LogP contribution in [0.25, 0.3) is 0 Å². The summed E-state index contributed by atoms with van der Waals surface area (Å²) in [7, 11) is 1.48. The molecule has 0 saturated heterocycles. The highest BCUT2D eigenvalue weighted by Crippen LogP contribution is 2.38. The Kier molecular flexibility index (Phi) is 16.6. The maximum atomic E-state index is 11.7. The van der Waals surface area contributed by atoms with E-state index in [2.05, 4.69) is 52.9 Å². The summed E-state index contributed by atoms with van der Waals surface area (Å²) >= 11 is 0. The molecule has 0 N–H and O–H groups in total. The van der Waals surface area contributed by atoms with E-state index < -0.39 is 8.32 Å². The molecule has 0 aliphatic heterocycles. The Bertz CT molecular complexity index is 486. The van der Waals surface area contributed by atoms with Crippen molar-refractivity contribution in [3.63, 3.8) is 0 Å². The summed E-state index contributed by atoms with van der Waals surface area (Å²) < 4.78 is 6.75. The molecule has 1 atom stereocenters. The van der Waals surface area contributed by atoms with Crippen LogP contribution in [0.1, 0.15) is 111 Å². The maximum Gasteiger partial charge on any atom is 0.245 e. The minimum Gasteiger partial charge on any atom is -0.414 e. The highest BCUT2D eigenvalue weighted by Gasteiger charge is 2.38. The number of hydrogen-bond acceptors (Lipinski definition) is 3. The molecule has 0 heterocycles. The summed E-state index contributed by atoms with van der Waals surface area (Å²) in [5.74, 6) is 0.0644. The number of carbonyl (C=O) groups is 1. The van der Waals surface area contributed by atoms with Gasteiger partial charge in [-0.2, -0.15) is 0 Å². The van der Waals surface area contributed by atoms with Crippen LogP contribution in [0.15, 0.2) is 12.2 Å². The van der Waals surface area contributed by atoms with Gasteiger partial charge in [0.25, 0.3) is 0 Å². The average Bonchev–Trinajstić information content (AvgIpc) is 2.70. The predicted molar refractivity (Wildman–Crippen MR) is 137 cm³/mol. The molecule has 0 aliphatic rings. The SMILES string of the molecule is CCCCCC[C@H](CC=CCCCCCCCC(=O)N(C)OC)O[Si](C)(C)C(C)(C)C. The zero-order valence-corrected chi connectivity index (χ0v) is 23.1. The predicted octanol–water partition coefficient (Wildman–Crippen LogP) is 8.04. The monoisotopic (exact) mass is 455 g/mol. The van der Waals surface area contributed by atoms with Gasteiger partial charge in [0.15, 0.2) is 8.32 Å². The Hall–Kier alpha value is -0.653. The van der Waals surface area contributed by atoms with Crippen LogP contribution in [-0.4, -0.2) is 39.5 Å². The summed E-state index contributed by atoms with van der Waals surface area (Å²) in [6.07, 6.45) is 20.0. The number of nitrogens with zero attached hydrogens (tertiary/aromatic N) is 1. The first-order valence-electron chi connectivity index (χ1n) is 12.7. The summed E-state index contributed by atoms with van der Waals surface area (Å²) in [6.45, 7) is 14.0. The van der Waals surface area contributed by atoms with Crippen LogP contribution in [-0.2, 0) is 14.1 Å². The molecule has 0 radical (unpaired) electrons. The molecule has 0 fully saturated rings. The van der Waals surface area contributed by atoms with Gasteiger partial charge in [-0.25, -0.2) is 5.06 Å². The number of unbranched alkanes of at least 4 members (excludes halogenated alkanes) is 8. The van der Waals surface area contributed by atoms with E-state index in [1.807, 2.05) is 0 Å². The zero-order chi connectivity index (χ0) is 23.8. The van der Waals surface area contributed by atoms with E-state index in [9.17, 15) is 4.79 Å². The molecule has 184 valence electrons. The summed E-state index contributed by atoms with van der Waals surface area (Å²) in [4.78, 5) is 16.6. The lowest BCUT2D eigenvalue weighted by atomic mass is 10.1. The van der Waals surface area contributed by atoms with Crippen molar-refractivity contribution in [3.8, 4) is 0 Å². The van der Waals surface area contributed by atoms with Gasteiger partial charge in [0, 0.05) is 19.6 Å². The van der Waals surface area contributed by atoms with Gasteiger partial charge in [-0.1, -0.05) is 84.8 Å². The second-order valence-corrected chi connectivity index (χ2v) is 15.2.